The molecule has 0 fully saturated rings. The fraction of sp³-hybridized carbons (Fsp3) is 0.333. The van der Waals surface area contributed by atoms with Crippen molar-refractivity contribution in [2.45, 2.75) is 26.2 Å². The first-order valence-electron chi connectivity index (χ1n) is 4.64. The fourth-order valence-electron chi connectivity index (χ4n) is 1.34. The molecule has 1 radical (unpaired) electrons. The molecule has 67 valence electrons. The third kappa shape index (κ3) is 2.91. The molecular weight excluding hydrogens is 158 g/mol. The Labute approximate surface area is 80.0 Å². The van der Waals surface area contributed by atoms with Crippen molar-refractivity contribution >= 4 is 0 Å². The molecule has 0 saturated heterocycles. The summed E-state index contributed by atoms with van der Waals surface area (Å²) in [5, 5.41) is 8.82. The molecule has 0 aromatic heterocycles. The first-order chi connectivity index (χ1) is 6.38. The van der Waals surface area contributed by atoms with E-state index in [1.165, 1.54) is 5.56 Å². The first kappa shape index (κ1) is 9.80. The van der Waals surface area contributed by atoms with Crippen LogP contribution >= 0.6 is 0 Å². The normalized spacial score (nSPS) is 9.54. The van der Waals surface area contributed by atoms with E-state index in [1.54, 1.807) is 0 Å². The van der Waals surface area contributed by atoms with Crippen LogP contribution in [0.15, 0.2) is 24.3 Å². The Morgan fingerprint density at radius 1 is 1.38 bits per heavy atom. The number of hydrogen-bond donors (Lipinski definition) is 0. The molecule has 0 unspecified atom stereocenters. The lowest BCUT2D eigenvalue weighted by Crippen LogP contribution is -1.89. The predicted molar refractivity (Wildman–Crippen MR) is 54.1 cm³/mol. The van der Waals surface area contributed by atoms with Gasteiger partial charge in [0.05, 0.1) is 11.6 Å². The van der Waals surface area contributed by atoms with Crippen molar-refractivity contribution in [3.8, 4) is 6.07 Å². The van der Waals surface area contributed by atoms with Gasteiger partial charge in [-0.1, -0.05) is 31.5 Å². The average Bonchev–Trinajstić information content (AvgIpc) is 2.19. The van der Waals surface area contributed by atoms with Crippen LogP contribution in [-0.4, -0.2) is 0 Å². The van der Waals surface area contributed by atoms with Gasteiger partial charge in [0.15, 0.2) is 0 Å². The maximum absolute atomic E-state index is 8.82. The summed E-state index contributed by atoms with van der Waals surface area (Å²) in [6.45, 7) is 2.07. The minimum Gasteiger partial charge on any atom is -0.192 e. The molecule has 1 aromatic rings. The predicted octanol–water partition coefficient (Wildman–Crippen LogP) is 3.11. The molecule has 0 saturated carbocycles. The Kier molecular flexibility index (Phi) is 4.05. The molecule has 0 N–H and O–H groups in total. The highest BCUT2D eigenvalue weighted by atomic mass is 14.2. The molecule has 1 nitrogen and oxygen atoms in total. The third-order valence-corrected chi connectivity index (χ3v) is 2.08. The average molecular weight is 172 g/mol. The van der Waals surface area contributed by atoms with Crippen LogP contribution in [0.2, 0.25) is 0 Å². The highest BCUT2D eigenvalue weighted by molar-refractivity contribution is 5.37. The Morgan fingerprint density at radius 2 is 2.15 bits per heavy atom. The van der Waals surface area contributed by atoms with Gasteiger partial charge in [0.2, 0.25) is 0 Å². The van der Waals surface area contributed by atoms with Gasteiger partial charge in [-0.2, -0.15) is 5.26 Å². The molecule has 13 heavy (non-hydrogen) atoms. The van der Waals surface area contributed by atoms with E-state index < -0.39 is 0 Å². The Balaban J connectivity index is 2.60. The van der Waals surface area contributed by atoms with Crippen LogP contribution in [0.4, 0.5) is 0 Å². The zero-order chi connectivity index (χ0) is 9.52. The highest BCUT2D eigenvalue weighted by Crippen LogP contribution is 2.11. The molecule has 0 atom stereocenters. The Bertz CT molecular complexity index is 296. The zero-order valence-corrected chi connectivity index (χ0v) is 7.96. The number of rotatable bonds is 4. The maximum Gasteiger partial charge on any atom is 0.0994 e. The summed E-state index contributed by atoms with van der Waals surface area (Å²) in [6, 6.07) is 10.0. The summed E-state index contributed by atoms with van der Waals surface area (Å²) >= 11 is 0. The minimum absolute atomic E-state index is 0.818. The quantitative estimate of drug-likeness (QED) is 0.640. The Morgan fingerprint density at radius 3 is 2.85 bits per heavy atom. The van der Waals surface area contributed by atoms with Crippen molar-refractivity contribution in [2.24, 2.45) is 0 Å². The van der Waals surface area contributed by atoms with Crippen molar-refractivity contribution in [1.82, 2.24) is 0 Å². The van der Waals surface area contributed by atoms with Crippen molar-refractivity contribution in [1.29, 1.82) is 5.26 Å². The Hall–Kier alpha value is -1.29. The van der Waals surface area contributed by atoms with E-state index in [9.17, 15) is 0 Å². The summed E-state index contributed by atoms with van der Waals surface area (Å²) in [6.07, 6.45) is 5.43. The zero-order valence-electron chi connectivity index (χ0n) is 7.96. The number of unbranched alkanes of at least 4 members (excludes halogenated alkanes) is 2. The topological polar surface area (TPSA) is 23.8 Å². The number of nitrogens with zero attached hydrogens (tertiary/aromatic N) is 1. The number of aryl methyl sites for hydroxylation is 1. The molecule has 1 aromatic carbocycles. The standard InChI is InChI=1S/C12H14N/c1-2-3-4-7-11-8-5-6-9-12(11)10-13/h2,5-6,8-9H,3-4,7H2,1H3. The number of hydrogen-bond acceptors (Lipinski definition) is 1. The molecule has 0 bridgehead atoms. The van der Waals surface area contributed by atoms with Crippen LogP contribution < -0.4 is 0 Å². The van der Waals surface area contributed by atoms with Gasteiger partial charge in [-0.15, -0.1) is 0 Å². The number of benzene rings is 1. The van der Waals surface area contributed by atoms with Crippen LogP contribution in [0.3, 0.4) is 0 Å². The van der Waals surface area contributed by atoms with E-state index >= 15 is 0 Å². The SMILES string of the molecule is C[CH]CCCc1ccccc1C#N. The summed E-state index contributed by atoms with van der Waals surface area (Å²) in [4.78, 5) is 0. The lowest BCUT2D eigenvalue weighted by atomic mass is 10.0. The van der Waals surface area contributed by atoms with Gasteiger partial charge in [0.25, 0.3) is 0 Å². The van der Waals surface area contributed by atoms with Crippen LogP contribution in [0.5, 0.6) is 0 Å². The molecule has 0 aliphatic heterocycles. The summed E-state index contributed by atoms with van der Waals surface area (Å²) in [5.74, 6) is 0. The smallest absolute Gasteiger partial charge is 0.0994 e. The molecule has 1 heteroatoms. The fourth-order valence-corrected chi connectivity index (χ4v) is 1.34. The highest BCUT2D eigenvalue weighted by Gasteiger charge is 1.98. The van der Waals surface area contributed by atoms with Gasteiger partial charge >= 0.3 is 0 Å². The number of nitriles is 1. The van der Waals surface area contributed by atoms with E-state index in [0.29, 0.717) is 0 Å². The molecule has 0 amide bonds. The third-order valence-electron chi connectivity index (χ3n) is 2.08. The monoisotopic (exact) mass is 172 g/mol. The van der Waals surface area contributed by atoms with Crippen molar-refractivity contribution in [3.63, 3.8) is 0 Å². The summed E-state index contributed by atoms with van der Waals surface area (Å²) in [5.41, 5.74) is 1.99. The van der Waals surface area contributed by atoms with Gasteiger partial charge in [-0.25, -0.2) is 0 Å². The summed E-state index contributed by atoms with van der Waals surface area (Å²) < 4.78 is 0. The van der Waals surface area contributed by atoms with Crippen LogP contribution in [-0.2, 0) is 6.42 Å². The van der Waals surface area contributed by atoms with Crippen molar-refractivity contribution in [3.05, 3.63) is 41.8 Å². The maximum atomic E-state index is 8.82. The van der Waals surface area contributed by atoms with Crippen molar-refractivity contribution < 1.29 is 0 Å². The van der Waals surface area contributed by atoms with E-state index in [4.69, 9.17) is 5.26 Å². The van der Waals surface area contributed by atoms with Gasteiger partial charge in [0, 0.05) is 0 Å². The largest absolute Gasteiger partial charge is 0.192 e. The second kappa shape index (κ2) is 5.37. The lowest BCUT2D eigenvalue weighted by molar-refractivity contribution is 0.806. The van der Waals surface area contributed by atoms with Gasteiger partial charge in [0.1, 0.15) is 0 Å². The van der Waals surface area contributed by atoms with E-state index in [2.05, 4.69) is 19.4 Å². The molecule has 0 spiro atoms. The van der Waals surface area contributed by atoms with E-state index in [0.717, 1.165) is 24.8 Å². The molecular formula is C12H14N. The van der Waals surface area contributed by atoms with Crippen LogP contribution in [0, 0.1) is 17.8 Å². The van der Waals surface area contributed by atoms with Crippen molar-refractivity contribution in [2.75, 3.05) is 0 Å². The van der Waals surface area contributed by atoms with E-state index in [1.807, 2.05) is 24.3 Å². The van der Waals surface area contributed by atoms with Gasteiger partial charge in [-0.05, 0) is 30.9 Å². The first-order valence-corrected chi connectivity index (χ1v) is 4.64. The molecule has 1 rings (SSSR count). The molecule has 0 heterocycles. The van der Waals surface area contributed by atoms with Gasteiger partial charge < -0.3 is 0 Å². The molecule has 0 aliphatic carbocycles. The second-order valence-electron chi connectivity index (χ2n) is 3.07. The van der Waals surface area contributed by atoms with Crippen LogP contribution in [0.1, 0.15) is 30.9 Å². The lowest BCUT2D eigenvalue weighted by Gasteiger charge is -2.01. The molecule has 0 aliphatic rings. The van der Waals surface area contributed by atoms with Crippen LogP contribution in [0.25, 0.3) is 0 Å². The van der Waals surface area contributed by atoms with Gasteiger partial charge in [-0.3, -0.25) is 0 Å². The second-order valence-corrected chi connectivity index (χ2v) is 3.07. The minimum atomic E-state index is 0.818. The summed E-state index contributed by atoms with van der Waals surface area (Å²) in [7, 11) is 0. The van der Waals surface area contributed by atoms with E-state index in [-0.39, 0.29) is 0 Å².